The Morgan fingerprint density at radius 1 is 0.842 bits per heavy atom. The molecule has 2 rings (SSSR count). The Balaban J connectivity index is 2.25. The lowest BCUT2D eigenvalue weighted by atomic mass is 9.89. The van der Waals surface area contributed by atoms with E-state index < -0.39 is 34.8 Å². The fourth-order valence-corrected chi connectivity index (χ4v) is 2.47. The van der Waals surface area contributed by atoms with Gasteiger partial charge < -0.3 is 5.32 Å². The van der Waals surface area contributed by atoms with E-state index in [0.29, 0.717) is 0 Å². The van der Waals surface area contributed by atoms with Crippen LogP contribution >= 0.6 is 0 Å². The van der Waals surface area contributed by atoms with Crippen LogP contribution in [-0.2, 0) is 0 Å². The zero-order valence-electron chi connectivity index (χ0n) is 10.4. The van der Waals surface area contributed by atoms with Crippen LogP contribution in [0.4, 0.5) is 27.6 Å². The normalized spacial score (nSPS) is 17.8. The van der Waals surface area contributed by atoms with Gasteiger partial charge in [-0.25, -0.2) is 22.0 Å². The number of benzene rings is 1. The molecule has 6 heteroatoms. The maximum absolute atomic E-state index is 13.4. The maximum atomic E-state index is 13.4. The third-order valence-electron chi connectivity index (χ3n) is 3.71. The van der Waals surface area contributed by atoms with E-state index in [1.54, 1.807) is 0 Å². The lowest BCUT2D eigenvalue weighted by Gasteiger charge is -2.24. The first-order valence-electron chi connectivity index (χ1n) is 6.11. The van der Waals surface area contributed by atoms with Crippen LogP contribution in [0.2, 0.25) is 0 Å². The Kier molecular flexibility index (Phi) is 3.69. The molecule has 1 N–H and O–H groups in total. The van der Waals surface area contributed by atoms with Crippen LogP contribution in [0.1, 0.15) is 32.6 Å². The van der Waals surface area contributed by atoms with Crippen molar-refractivity contribution in [1.29, 1.82) is 0 Å². The molecule has 0 unspecified atom stereocenters. The van der Waals surface area contributed by atoms with Gasteiger partial charge in [0.25, 0.3) is 0 Å². The van der Waals surface area contributed by atoms with E-state index in [4.69, 9.17) is 0 Å². The van der Waals surface area contributed by atoms with E-state index in [9.17, 15) is 22.0 Å². The van der Waals surface area contributed by atoms with Crippen LogP contribution in [0.5, 0.6) is 0 Å². The average molecular weight is 279 g/mol. The maximum Gasteiger partial charge on any atom is 0.200 e. The monoisotopic (exact) mass is 279 g/mol. The summed E-state index contributed by atoms with van der Waals surface area (Å²) >= 11 is 0. The van der Waals surface area contributed by atoms with E-state index >= 15 is 0 Å². The van der Waals surface area contributed by atoms with Crippen LogP contribution in [-0.4, -0.2) is 6.54 Å². The van der Waals surface area contributed by atoms with Crippen molar-refractivity contribution in [3.8, 4) is 0 Å². The van der Waals surface area contributed by atoms with Crippen LogP contribution in [0.3, 0.4) is 0 Å². The molecule has 1 aromatic carbocycles. The van der Waals surface area contributed by atoms with Crippen molar-refractivity contribution in [3.05, 3.63) is 29.1 Å². The van der Waals surface area contributed by atoms with E-state index in [2.05, 4.69) is 5.32 Å². The lowest BCUT2D eigenvalue weighted by molar-refractivity contribution is 0.355. The molecule has 1 aromatic rings. The van der Waals surface area contributed by atoms with Crippen molar-refractivity contribution in [1.82, 2.24) is 0 Å². The summed E-state index contributed by atoms with van der Waals surface area (Å²) in [5.74, 6) is -9.58. The number of halogens is 5. The van der Waals surface area contributed by atoms with Gasteiger partial charge in [-0.3, -0.25) is 0 Å². The van der Waals surface area contributed by atoms with Gasteiger partial charge in [-0.05, 0) is 18.3 Å². The highest BCUT2D eigenvalue weighted by molar-refractivity contribution is 5.47. The van der Waals surface area contributed by atoms with Crippen molar-refractivity contribution >= 4 is 5.69 Å². The molecular formula is C13H14F5N. The predicted molar refractivity (Wildman–Crippen MR) is 61.3 cm³/mol. The molecule has 1 aliphatic carbocycles. The molecule has 1 nitrogen and oxygen atoms in total. The standard InChI is InChI=1S/C13H14F5N/c1-13(4-2-3-5-13)6-19-12-10(17)8(15)7(14)9(16)11(12)18/h19H,2-6H2,1H3. The second-order valence-electron chi connectivity index (χ2n) is 5.32. The molecule has 0 heterocycles. The summed E-state index contributed by atoms with van der Waals surface area (Å²) in [7, 11) is 0. The quantitative estimate of drug-likeness (QED) is 0.492. The molecule has 0 radical (unpaired) electrons. The molecule has 0 aliphatic heterocycles. The van der Waals surface area contributed by atoms with Crippen LogP contribution in [0.25, 0.3) is 0 Å². The minimum atomic E-state index is -2.13. The molecule has 0 saturated heterocycles. The summed E-state index contributed by atoms with van der Waals surface area (Å²) in [6, 6.07) is 0. The van der Waals surface area contributed by atoms with Crippen molar-refractivity contribution in [2.24, 2.45) is 5.41 Å². The first-order valence-corrected chi connectivity index (χ1v) is 6.11. The third kappa shape index (κ3) is 2.53. The van der Waals surface area contributed by atoms with E-state index in [1.807, 2.05) is 6.92 Å². The number of rotatable bonds is 3. The van der Waals surface area contributed by atoms with E-state index in [-0.39, 0.29) is 12.0 Å². The van der Waals surface area contributed by atoms with Gasteiger partial charge in [0.15, 0.2) is 23.3 Å². The van der Waals surface area contributed by atoms with Gasteiger partial charge in [-0.15, -0.1) is 0 Å². The summed E-state index contributed by atoms with van der Waals surface area (Å²) in [5.41, 5.74) is -1.11. The number of nitrogens with one attached hydrogen (secondary N) is 1. The molecule has 1 aliphatic rings. The number of hydrogen-bond acceptors (Lipinski definition) is 1. The molecular weight excluding hydrogens is 265 g/mol. The summed E-state index contributed by atoms with van der Waals surface area (Å²) in [4.78, 5) is 0. The van der Waals surface area contributed by atoms with Gasteiger partial charge in [-0.2, -0.15) is 0 Å². The topological polar surface area (TPSA) is 12.0 Å². The molecule has 0 bridgehead atoms. The smallest absolute Gasteiger partial charge is 0.200 e. The summed E-state index contributed by atoms with van der Waals surface area (Å²) in [5, 5.41) is 2.38. The molecule has 19 heavy (non-hydrogen) atoms. The second-order valence-corrected chi connectivity index (χ2v) is 5.32. The Morgan fingerprint density at radius 2 is 1.26 bits per heavy atom. The fraction of sp³-hybridized carbons (Fsp3) is 0.538. The first-order chi connectivity index (χ1) is 8.86. The number of hydrogen-bond donors (Lipinski definition) is 1. The Morgan fingerprint density at radius 3 is 1.74 bits per heavy atom. The largest absolute Gasteiger partial charge is 0.380 e. The Bertz CT molecular complexity index is 465. The Labute approximate surface area is 107 Å². The van der Waals surface area contributed by atoms with E-state index in [0.717, 1.165) is 25.7 Å². The van der Waals surface area contributed by atoms with Crippen LogP contribution in [0, 0.1) is 34.5 Å². The van der Waals surface area contributed by atoms with Crippen LogP contribution in [0.15, 0.2) is 0 Å². The highest BCUT2D eigenvalue weighted by atomic mass is 19.2. The van der Waals surface area contributed by atoms with Gasteiger partial charge in [0, 0.05) is 6.54 Å². The van der Waals surface area contributed by atoms with Gasteiger partial charge in [0.2, 0.25) is 5.82 Å². The summed E-state index contributed by atoms with van der Waals surface area (Å²) in [6.07, 6.45) is 3.76. The van der Waals surface area contributed by atoms with Crippen LogP contribution < -0.4 is 5.32 Å². The molecule has 0 aromatic heterocycles. The predicted octanol–water partition coefficient (Wildman–Crippen LogP) is 4.37. The number of anilines is 1. The van der Waals surface area contributed by atoms with Crippen molar-refractivity contribution < 1.29 is 22.0 Å². The summed E-state index contributed by atoms with van der Waals surface area (Å²) in [6.45, 7) is 2.12. The average Bonchev–Trinajstić information content (AvgIpc) is 2.81. The lowest BCUT2D eigenvalue weighted by Crippen LogP contribution is -2.24. The van der Waals surface area contributed by atoms with Crippen molar-refractivity contribution in [2.45, 2.75) is 32.6 Å². The second kappa shape index (κ2) is 4.98. The van der Waals surface area contributed by atoms with Gasteiger partial charge in [0.05, 0.1) is 0 Å². The van der Waals surface area contributed by atoms with Gasteiger partial charge in [0.1, 0.15) is 5.69 Å². The van der Waals surface area contributed by atoms with Crippen molar-refractivity contribution in [2.75, 3.05) is 11.9 Å². The van der Waals surface area contributed by atoms with E-state index in [1.165, 1.54) is 0 Å². The summed E-state index contributed by atoms with van der Waals surface area (Å²) < 4.78 is 65.7. The molecule has 0 spiro atoms. The third-order valence-corrected chi connectivity index (χ3v) is 3.71. The zero-order valence-corrected chi connectivity index (χ0v) is 10.4. The minimum Gasteiger partial charge on any atom is -0.380 e. The molecule has 0 atom stereocenters. The highest BCUT2D eigenvalue weighted by Crippen LogP contribution is 2.38. The van der Waals surface area contributed by atoms with Crippen molar-refractivity contribution in [3.63, 3.8) is 0 Å². The minimum absolute atomic E-state index is 0.166. The molecule has 1 saturated carbocycles. The highest BCUT2D eigenvalue weighted by Gasteiger charge is 2.31. The zero-order chi connectivity index (χ0) is 14.2. The first kappa shape index (κ1) is 14.1. The Hall–Kier alpha value is -1.33. The molecule has 1 fully saturated rings. The fourth-order valence-electron chi connectivity index (χ4n) is 2.47. The van der Waals surface area contributed by atoms with Gasteiger partial charge in [-0.1, -0.05) is 19.8 Å². The molecule has 106 valence electrons. The van der Waals surface area contributed by atoms with Gasteiger partial charge >= 0.3 is 0 Å². The molecule has 0 amide bonds. The SMILES string of the molecule is CC1(CNc2c(F)c(F)c(F)c(F)c2F)CCCC1.